The summed E-state index contributed by atoms with van der Waals surface area (Å²) in [6.45, 7) is 0. The standard InChI is InChI=1S/C21H14ClN5O.C20H14ClN3O2/c22-15-9-10-19-17(11-16-7-4-8-18(25-16)21(28)24-13-23)20(26-27(19)12-15)14-5-2-1-3-6-14;21-14-9-10-18-16(11-15-7-4-8-17(22-15)20(25)26)19(23-24(18)12-14)13-5-2-1-3-6-13/h1-10,12H,11H2,(H,24,28);1-10,12H,11H2,(H,25,26). The Hall–Kier alpha value is -6.87. The van der Waals surface area contributed by atoms with Gasteiger partial charge in [0, 0.05) is 58.9 Å². The van der Waals surface area contributed by atoms with Crippen LogP contribution in [-0.2, 0) is 12.8 Å². The van der Waals surface area contributed by atoms with Gasteiger partial charge in [-0.2, -0.15) is 15.5 Å². The van der Waals surface area contributed by atoms with Crippen LogP contribution in [0.2, 0.25) is 10.0 Å². The van der Waals surface area contributed by atoms with E-state index in [-0.39, 0.29) is 11.4 Å². The normalized spacial score (nSPS) is 10.8. The van der Waals surface area contributed by atoms with Crippen LogP contribution in [0.15, 0.2) is 134 Å². The molecular weight excluding hydrogens is 723 g/mol. The predicted molar refractivity (Wildman–Crippen MR) is 205 cm³/mol. The van der Waals surface area contributed by atoms with Gasteiger partial charge in [0.1, 0.15) is 11.4 Å². The highest BCUT2D eigenvalue weighted by Crippen LogP contribution is 2.30. The van der Waals surface area contributed by atoms with Crippen molar-refractivity contribution in [3.63, 3.8) is 0 Å². The Bertz CT molecular complexity index is 2690. The van der Waals surface area contributed by atoms with E-state index in [1.54, 1.807) is 45.8 Å². The molecule has 0 spiro atoms. The number of carbonyl (C=O) groups excluding carboxylic acids is 1. The quantitative estimate of drug-likeness (QED) is 0.117. The number of carbonyl (C=O) groups is 2. The first-order valence-electron chi connectivity index (χ1n) is 16.6. The molecule has 6 heterocycles. The highest BCUT2D eigenvalue weighted by Gasteiger charge is 2.18. The number of carboxylic acid groups (broad SMARTS) is 1. The van der Waals surface area contributed by atoms with E-state index in [0.29, 0.717) is 34.3 Å². The Morgan fingerprint density at radius 1 is 0.630 bits per heavy atom. The first-order valence-corrected chi connectivity index (χ1v) is 17.3. The number of fused-ring (bicyclic) bond motifs is 2. The molecule has 2 aromatic carbocycles. The average Bonchev–Trinajstić information content (AvgIpc) is 3.73. The lowest BCUT2D eigenvalue weighted by molar-refractivity contribution is 0.0690. The molecule has 0 fully saturated rings. The molecule has 11 nitrogen and oxygen atoms in total. The van der Waals surface area contributed by atoms with Crippen LogP contribution in [-0.4, -0.2) is 46.2 Å². The van der Waals surface area contributed by atoms with E-state index in [1.807, 2.05) is 97.1 Å². The highest BCUT2D eigenvalue weighted by molar-refractivity contribution is 6.30. The van der Waals surface area contributed by atoms with Crippen LogP contribution in [0.5, 0.6) is 0 Å². The number of rotatable bonds is 8. The lowest BCUT2D eigenvalue weighted by Gasteiger charge is -2.05. The first kappa shape index (κ1) is 35.5. The number of pyridine rings is 4. The van der Waals surface area contributed by atoms with Gasteiger partial charge in [0.25, 0.3) is 5.91 Å². The van der Waals surface area contributed by atoms with Gasteiger partial charge in [0.05, 0.1) is 32.5 Å². The van der Waals surface area contributed by atoms with Crippen molar-refractivity contribution in [3.8, 4) is 28.7 Å². The fraction of sp³-hybridized carbons (Fsp3) is 0.0488. The summed E-state index contributed by atoms with van der Waals surface area (Å²) in [4.78, 5) is 31.8. The van der Waals surface area contributed by atoms with Crippen LogP contribution < -0.4 is 5.32 Å². The maximum Gasteiger partial charge on any atom is 0.354 e. The summed E-state index contributed by atoms with van der Waals surface area (Å²) >= 11 is 12.2. The summed E-state index contributed by atoms with van der Waals surface area (Å²) < 4.78 is 3.51. The van der Waals surface area contributed by atoms with Gasteiger partial charge in [-0.25, -0.2) is 23.8 Å². The summed E-state index contributed by atoms with van der Waals surface area (Å²) in [6.07, 6.45) is 6.09. The second kappa shape index (κ2) is 15.8. The molecule has 2 N–H and O–H groups in total. The minimum Gasteiger partial charge on any atom is -0.477 e. The van der Waals surface area contributed by atoms with Gasteiger partial charge >= 0.3 is 5.97 Å². The molecule has 0 aliphatic heterocycles. The molecule has 264 valence electrons. The molecule has 8 rings (SSSR count). The molecule has 0 saturated heterocycles. The molecule has 54 heavy (non-hydrogen) atoms. The zero-order valence-corrected chi connectivity index (χ0v) is 29.8. The van der Waals surface area contributed by atoms with Crippen LogP contribution in [0.1, 0.15) is 43.5 Å². The van der Waals surface area contributed by atoms with E-state index in [0.717, 1.165) is 44.7 Å². The fourth-order valence-corrected chi connectivity index (χ4v) is 6.34. The summed E-state index contributed by atoms with van der Waals surface area (Å²) in [6, 6.07) is 37.4. The number of halogens is 2. The summed E-state index contributed by atoms with van der Waals surface area (Å²) in [7, 11) is 0. The molecule has 0 unspecified atom stereocenters. The molecule has 6 aromatic heterocycles. The van der Waals surface area contributed by atoms with Gasteiger partial charge in [-0.3, -0.25) is 10.1 Å². The van der Waals surface area contributed by atoms with Crippen molar-refractivity contribution in [1.82, 2.24) is 34.5 Å². The van der Waals surface area contributed by atoms with Crippen molar-refractivity contribution in [3.05, 3.63) is 178 Å². The van der Waals surface area contributed by atoms with Crippen molar-refractivity contribution in [2.24, 2.45) is 0 Å². The second-order valence-electron chi connectivity index (χ2n) is 12.0. The maximum absolute atomic E-state index is 11.9. The Morgan fingerprint density at radius 3 is 1.56 bits per heavy atom. The van der Waals surface area contributed by atoms with E-state index < -0.39 is 11.9 Å². The number of nitrogens with zero attached hydrogens (tertiary/aromatic N) is 7. The Morgan fingerprint density at radius 2 is 1.09 bits per heavy atom. The molecule has 0 aliphatic rings. The summed E-state index contributed by atoms with van der Waals surface area (Å²) in [5.74, 6) is -1.57. The number of hydrogen-bond acceptors (Lipinski definition) is 7. The number of hydrogen-bond donors (Lipinski definition) is 2. The van der Waals surface area contributed by atoms with Crippen LogP contribution >= 0.6 is 23.2 Å². The molecule has 0 saturated carbocycles. The molecule has 13 heteroatoms. The average molecular weight is 752 g/mol. The van der Waals surface area contributed by atoms with Crippen molar-refractivity contribution >= 4 is 46.1 Å². The number of nitrogens with one attached hydrogen (secondary N) is 1. The van der Waals surface area contributed by atoms with Gasteiger partial charge in [-0.1, -0.05) is 96.0 Å². The van der Waals surface area contributed by atoms with Crippen molar-refractivity contribution in [2.75, 3.05) is 0 Å². The van der Waals surface area contributed by atoms with Gasteiger partial charge in [-0.15, -0.1) is 0 Å². The largest absolute Gasteiger partial charge is 0.477 e. The molecule has 8 aromatic rings. The SMILES string of the molecule is N#CNC(=O)c1cccc(Cc2c(-c3ccccc3)nn3cc(Cl)ccc23)n1.O=C(O)c1cccc(Cc2c(-c3ccccc3)nn3cc(Cl)ccc23)n1. The molecule has 0 bridgehead atoms. The second-order valence-corrected chi connectivity index (χ2v) is 12.9. The van der Waals surface area contributed by atoms with Crippen LogP contribution in [0, 0.1) is 11.5 Å². The van der Waals surface area contributed by atoms with Gasteiger partial charge in [-0.05, 0) is 48.5 Å². The van der Waals surface area contributed by atoms with Crippen LogP contribution in [0.4, 0.5) is 0 Å². The smallest absolute Gasteiger partial charge is 0.354 e. The topological polar surface area (TPSA) is 151 Å². The number of nitriles is 1. The summed E-state index contributed by atoms with van der Waals surface area (Å²) in [5, 5.41) is 30.5. The minimum absolute atomic E-state index is 0.0308. The predicted octanol–water partition coefficient (Wildman–Crippen LogP) is 8.19. The van der Waals surface area contributed by atoms with E-state index in [1.165, 1.54) is 6.07 Å². The summed E-state index contributed by atoms with van der Waals surface area (Å²) in [5.41, 5.74) is 9.01. The van der Waals surface area contributed by atoms with Crippen LogP contribution in [0.25, 0.3) is 33.5 Å². The molecule has 0 radical (unpaired) electrons. The van der Waals surface area contributed by atoms with Crippen molar-refractivity contribution in [2.45, 2.75) is 12.8 Å². The number of benzene rings is 2. The van der Waals surface area contributed by atoms with Crippen molar-refractivity contribution in [1.29, 1.82) is 5.26 Å². The number of carboxylic acids is 1. The highest BCUT2D eigenvalue weighted by atomic mass is 35.5. The minimum atomic E-state index is -1.04. The molecular formula is C41H28Cl2N8O3. The van der Waals surface area contributed by atoms with Gasteiger partial charge in [0.2, 0.25) is 0 Å². The lowest BCUT2D eigenvalue weighted by atomic mass is 10.0. The zero-order valence-electron chi connectivity index (χ0n) is 28.3. The van der Waals surface area contributed by atoms with Gasteiger partial charge in [0.15, 0.2) is 6.19 Å². The monoisotopic (exact) mass is 750 g/mol. The van der Waals surface area contributed by atoms with E-state index in [2.05, 4.69) is 20.4 Å². The zero-order chi connectivity index (χ0) is 37.6. The number of aromatic carboxylic acids is 1. The Labute approximate surface area is 318 Å². The van der Waals surface area contributed by atoms with E-state index in [9.17, 15) is 14.7 Å². The first-order chi connectivity index (χ1) is 26.3. The third-order valence-electron chi connectivity index (χ3n) is 8.44. The fourth-order valence-electron chi connectivity index (χ4n) is 6.03. The molecule has 0 aliphatic carbocycles. The maximum atomic E-state index is 11.9. The number of aromatic nitrogens is 6. The lowest BCUT2D eigenvalue weighted by Crippen LogP contribution is -2.19. The third kappa shape index (κ3) is 7.80. The molecule has 1 amide bonds. The van der Waals surface area contributed by atoms with E-state index in [4.69, 9.17) is 33.6 Å². The van der Waals surface area contributed by atoms with Crippen molar-refractivity contribution < 1.29 is 14.7 Å². The van der Waals surface area contributed by atoms with E-state index >= 15 is 0 Å². The number of amides is 1. The molecule has 0 atom stereocenters. The van der Waals surface area contributed by atoms with Gasteiger partial charge < -0.3 is 5.11 Å². The van der Waals surface area contributed by atoms with Crippen LogP contribution in [0.3, 0.4) is 0 Å². The third-order valence-corrected chi connectivity index (χ3v) is 8.88. The Balaban J connectivity index is 0.000000167. The Kier molecular flexibility index (Phi) is 10.4.